The van der Waals surface area contributed by atoms with E-state index in [9.17, 15) is 18.0 Å². The van der Waals surface area contributed by atoms with Gasteiger partial charge in [-0.25, -0.2) is 18.7 Å². The van der Waals surface area contributed by atoms with Gasteiger partial charge in [0, 0.05) is 29.3 Å². The van der Waals surface area contributed by atoms with Crippen LogP contribution in [0.15, 0.2) is 36.4 Å². The molecule has 2 saturated heterocycles. The van der Waals surface area contributed by atoms with Crippen molar-refractivity contribution in [2.24, 2.45) is 0 Å². The SMILES string of the molecule is CCCNC(=O)COc1ccc(-c2ccc([C@@]3(CC(=O)NOC4CCCCO4)CCCCS3(=O)=O)s2)cc1. The van der Waals surface area contributed by atoms with Gasteiger partial charge in [0.1, 0.15) is 10.5 Å². The van der Waals surface area contributed by atoms with E-state index in [1.165, 1.54) is 11.3 Å². The molecule has 2 aliphatic heterocycles. The maximum atomic E-state index is 13.4. The molecule has 1 aromatic carbocycles. The number of hydroxylamine groups is 1. The standard InChI is InChI=1S/C27H36N2O7S2/c1-2-15-28-25(31)19-35-21-10-8-20(9-11-21)22-12-13-23(37-22)27(14-4-6-17-38(27,32)33)18-24(30)29-36-26-7-3-5-16-34-26/h8-13,26H,2-7,14-19H2,1H3,(H,28,31)(H,29,30)/t26?,27-/m0/s1. The molecule has 2 atom stereocenters. The van der Waals surface area contributed by atoms with Crippen molar-refractivity contribution in [1.29, 1.82) is 0 Å². The van der Waals surface area contributed by atoms with E-state index < -0.39 is 26.8 Å². The van der Waals surface area contributed by atoms with Crippen LogP contribution in [0.5, 0.6) is 5.75 Å². The molecular weight excluding hydrogens is 528 g/mol. The number of thiophene rings is 1. The summed E-state index contributed by atoms with van der Waals surface area (Å²) < 4.78 is 36.6. The lowest BCUT2D eigenvalue weighted by Gasteiger charge is -2.35. The second-order valence-electron chi connectivity index (χ2n) is 9.71. The third-order valence-electron chi connectivity index (χ3n) is 6.86. The van der Waals surface area contributed by atoms with Crippen molar-refractivity contribution in [2.75, 3.05) is 25.5 Å². The Morgan fingerprint density at radius 3 is 2.61 bits per heavy atom. The highest BCUT2D eigenvalue weighted by atomic mass is 32.2. The zero-order chi connectivity index (χ0) is 27.0. The number of amides is 2. The lowest BCUT2D eigenvalue weighted by molar-refractivity contribution is -0.200. The van der Waals surface area contributed by atoms with Gasteiger partial charge in [0.05, 0.1) is 12.2 Å². The first kappa shape index (κ1) is 28.5. The van der Waals surface area contributed by atoms with Crippen LogP contribution in [0.4, 0.5) is 0 Å². The summed E-state index contributed by atoms with van der Waals surface area (Å²) in [7, 11) is -3.57. The van der Waals surface area contributed by atoms with Gasteiger partial charge in [-0.15, -0.1) is 11.3 Å². The molecule has 0 aliphatic carbocycles. The average Bonchev–Trinajstić information content (AvgIpc) is 3.42. The molecule has 208 valence electrons. The van der Waals surface area contributed by atoms with Crippen LogP contribution in [0.2, 0.25) is 0 Å². The first-order chi connectivity index (χ1) is 18.3. The van der Waals surface area contributed by atoms with Crippen molar-refractivity contribution >= 4 is 33.0 Å². The van der Waals surface area contributed by atoms with Crippen LogP contribution >= 0.6 is 11.3 Å². The van der Waals surface area contributed by atoms with Crippen LogP contribution in [0.1, 0.15) is 63.2 Å². The first-order valence-electron chi connectivity index (χ1n) is 13.2. The van der Waals surface area contributed by atoms with Gasteiger partial charge >= 0.3 is 0 Å². The highest BCUT2D eigenvalue weighted by Crippen LogP contribution is 2.47. The summed E-state index contributed by atoms with van der Waals surface area (Å²) >= 11 is 1.39. The van der Waals surface area contributed by atoms with Gasteiger partial charge in [-0.2, -0.15) is 0 Å². The summed E-state index contributed by atoms with van der Waals surface area (Å²) in [5, 5.41) is 2.77. The Morgan fingerprint density at radius 1 is 1.08 bits per heavy atom. The molecule has 38 heavy (non-hydrogen) atoms. The molecule has 4 rings (SSSR count). The Kier molecular flexibility index (Phi) is 9.80. The fourth-order valence-electron chi connectivity index (χ4n) is 4.76. The minimum Gasteiger partial charge on any atom is -0.484 e. The molecule has 0 radical (unpaired) electrons. The summed E-state index contributed by atoms with van der Waals surface area (Å²) in [6, 6.07) is 11.0. The molecule has 11 heteroatoms. The number of hydrogen-bond donors (Lipinski definition) is 2. The second-order valence-corrected chi connectivity index (χ2v) is 13.2. The summed E-state index contributed by atoms with van der Waals surface area (Å²) in [5.41, 5.74) is 3.34. The van der Waals surface area contributed by atoms with E-state index in [4.69, 9.17) is 14.3 Å². The van der Waals surface area contributed by atoms with Crippen LogP contribution in [0, 0.1) is 0 Å². The van der Waals surface area contributed by atoms with Crippen LogP contribution < -0.4 is 15.5 Å². The number of carbonyl (C=O) groups excluding carboxylic acids is 2. The fraction of sp³-hybridized carbons (Fsp3) is 0.556. The van der Waals surface area contributed by atoms with E-state index in [1.807, 2.05) is 31.2 Å². The monoisotopic (exact) mass is 564 g/mol. The zero-order valence-corrected chi connectivity index (χ0v) is 23.3. The number of carbonyl (C=O) groups is 2. The fourth-order valence-corrected chi connectivity index (χ4v) is 8.55. The lowest BCUT2D eigenvalue weighted by Crippen LogP contribution is -2.45. The van der Waals surface area contributed by atoms with E-state index in [0.717, 1.165) is 36.1 Å². The number of sulfone groups is 1. The number of ether oxygens (including phenoxy) is 2. The molecule has 0 bridgehead atoms. The zero-order valence-electron chi connectivity index (χ0n) is 21.7. The van der Waals surface area contributed by atoms with Gasteiger partial charge in [-0.3, -0.25) is 9.59 Å². The molecule has 1 unspecified atom stereocenters. The first-order valence-corrected chi connectivity index (χ1v) is 15.7. The average molecular weight is 565 g/mol. The largest absolute Gasteiger partial charge is 0.484 e. The minimum absolute atomic E-state index is 0.0535. The maximum absolute atomic E-state index is 13.4. The number of benzene rings is 1. The molecule has 3 heterocycles. The normalized spacial score (nSPS) is 22.9. The molecule has 2 N–H and O–H groups in total. The number of nitrogens with one attached hydrogen (secondary N) is 2. The molecule has 2 fully saturated rings. The van der Waals surface area contributed by atoms with Crippen molar-refractivity contribution < 1.29 is 32.3 Å². The van der Waals surface area contributed by atoms with Crippen molar-refractivity contribution in [3.63, 3.8) is 0 Å². The van der Waals surface area contributed by atoms with Crippen molar-refractivity contribution in [2.45, 2.75) is 69.3 Å². The summed E-state index contributed by atoms with van der Waals surface area (Å²) in [6.45, 7) is 3.13. The Morgan fingerprint density at radius 2 is 1.89 bits per heavy atom. The molecule has 2 aliphatic rings. The molecule has 0 saturated carbocycles. The maximum Gasteiger partial charge on any atom is 0.257 e. The third-order valence-corrected chi connectivity index (χ3v) is 10.9. The molecular formula is C27H36N2O7S2. The summed E-state index contributed by atoms with van der Waals surface area (Å²) in [4.78, 5) is 31.6. The van der Waals surface area contributed by atoms with Crippen molar-refractivity contribution in [1.82, 2.24) is 10.8 Å². The Balaban J connectivity index is 1.46. The Hall–Kier alpha value is -2.47. The van der Waals surface area contributed by atoms with Gasteiger partial charge in [0.2, 0.25) is 5.91 Å². The van der Waals surface area contributed by atoms with Gasteiger partial charge in [0.25, 0.3) is 5.91 Å². The van der Waals surface area contributed by atoms with Crippen molar-refractivity contribution in [3.8, 4) is 16.2 Å². The van der Waals surface area contributed by atoms with E-state index >= 15 is 0 Å². The van der Waals surface area contributed by atoms with Gasteiger partial charge < -0.3 is 14.8 Å². The molecule has 9 nitrogen and oxygen atoms in total. The smallest absolute Gasteiger partial charge is 0.257 e. The third kappa shape index (κ3) is 6.93. The quantitative estimate of drug-likeness (QED) is 0.395. The molecule has 2 amide bonds. The Labute approximate surface area is 228 Å². The van der Waals surface area contributed by atoms with Gasteiger partial charge in [0.15, 0.2) is 22.7 Å². The van der Waals surface area contributed by atoms with Crippen LogP contribution in [-0.4, -0.2) is 52.0 Å². The van der Waals surface area contributed by atoms with Crippen molar-refractivity contribution in [3.05, 3.63) is 41.3 Å². The Bertz CT molecular complexity index is 1190. The predicted molar refractivity (Wildman–Crippen MR) is 145 cm³/mol. The predicted octanol–water partition coefficient (Wildman–Crippen LogP) is 4.08. The molecule has 1 aromatic heterocycles. The number of hydrogen-bond acceptors (Lipinski definition) is 8. The van der Waals surface area contributed by atoms with E-state index in [0.29, 0.717) is 43.0 Å². The summed E-state index contributed by atoms with van der Waals surface area (Å²) in [5.74, 6) is -0.0115. The van der Waals surface area contributed by atoms with Gasteiger partial charge in [-0.05, 0) is 74.1 Å². The molecule has 2 aromatic rings. The minimum atomic E-state index is -3.57. The van der Waals surface area contributed by atoms with Crippen LogP contribution in [-0.2, 0) is 33.7 Å². The van der Waals surface area contributed by atoms with E-state index in [2.05, 4.69) is 10.8 Å². The highest BCUT2D eigenvalue weighted by molar-refractivity contribution is 7.92. The van der Waals surface area contributed by atoms with Crippen LogP contribution in [0.3, 0.4) is 0 Å². The van der Waals surface area contributed by atoms with Gasteiger partial charge in [-0.1, -0.05) is 13.3 Å². The van der Waals surface area contributed by atoms with E-state index in [-0.39, 0.29) is 24.7 Å². The highest BCUT2D eigenvalue weighted by Gasteiger charge is 2.49. The van der Waals surface area contributed by atoms with Crippen LogP contribution in [0.25, 0.3) is 10.4 Å². The summed E-state index contributed by atoms with van der Waals surface area (Å²) in [6.07, 6.45) is 4.47. The lowest BCUT2D eigenvalue weighted by atomic mass is 9.94. The molecule has 0 spiro atoms. The van der Waals surface area contributed by atoms with E-state index in [1.54, 1.807) is 12.1 Å². The topological polar surface area (TPSA) is 120 Å². The number of rotatable bonds is 11. The second kappa shape index (κ2) is 13.1.